The van der Waals surface area contributed by atoms with Gasteiger partial charge in [0.1, 0.15) is 24.7 Å². The Morgan fingerprint density at radius 3 is 2.04 bits per heavy atom. The predicted molar refractivity (Wildman–Crippen MR) is 88.3 cm³/mol. The normalized spacial score (nSPS) is 15.1. The summed E-state index contributed by atoms with van der Waals surface area (Å²) >= 11 is 0. The quantitative estimate of drug-likeness (QED) is 0.189. The molecular weight excluding hydrogens is 350 g/mol. The van der Waals surface area contributed by atoms with Gasteiger partial charge in [-0.3, -0.25) is 24.0 Å². The molecule has 12 heteroatoms. The molecule has 148 valence electrons. The Bertz CT molecular complexity index is 552. The maximum absolute atomic E-state index is 12.3. The van der Waals surface area contributed by atoms with E-state index in [0.29, 0.717) is 0 Å². The zero-order chi connectivity index (χ0) is 20.4. The van der Waals surface area contributed by atoms with E-state index in [2.05, 4.69) is 16.0 Å². The SMILES string of the molecule is CC(NC(=O)C(CCC(N)=O)NC(=O)C(N)C(C)O)C(=O)NCC(=O)O. The highest BCUT2D eigenvalue weighted by Crippen LogP contribution is 2.01. The molecule has 0 aromatic rings. The van der Waals surface area contributed by atoms with Crippen LogP contribution in [0, 0.1) is 0 Å². The first kappa shape index (κ1) is 23.3. The molecule has 0 saturated heterocycles. The molecule has 0 aromatic heterocycles. The standard InChI is InChI=1S/C14H25N5O7/c1-6(12(24)17-5-10(22)23)18-13(25)8(3-4-9(15)21)19-14(26)11(16)7(2)20/h6-8,11,20H,3-5,16H2,1-2H3,(H2,15,21)(H,17,24)(H,18,25)(H,19,26)(H,22,23). The van der Waals surface area contributed by atoms with Crippen LogP contribution in [-0.2, 0) is 24.0 Å². The number of nitrogens with two attached hydrogens (primary N) is 2. The number of carboxylic acid groups (broad SMARTS) is 1. The first-order valence-corrected chi connectivity index (χ1v) is 7.77. The van der Waals surface area contributed by atoms with Crippen LogP contribution >= 0.6 is 0 Å². The van der Waals surface area contributed by atoms with Gasteiger partial charge in [-0.15, -0.1) is 0 Å². The number of primary amides is 1. The summed E-state index contributed by atoms with van der Waals surface area (Å²) in [7, 11) is 0. The molecule has 4 unspecified atom stereocenters. The molecule has 9 N–H and O–H groups in total. The minimum atomic E-state index is -1.30. The lowest BCUT2D eigenvalue weighted by Gasteiger charge is -2.23. The van der Waals surface area contributed by atoms with Crippen molar-refractivity contribution in [3.63, 3.8) is 0 Å². The fourth-order valence-corrected chi connectivity index (χ4v) is 1.74. The van der Waals surface area contributed by atoms with Gasteiger partial charge < -0.3 is 37.6 Å². The van der Waals surface area contributed by atoms with Gasteiger partial charge in [-0.1, -0.05) is 0 Å². The Labute approximate surface area is 149 Å². The molecule has 0 bridgehead atoms. The van der Waals surface area contributed by atoms with Crippen LogP contribution in [0.2, 0.25) is 0 Å². The molecule has 26 heavy (non-hydrogen) atoms. The molecule has 0 fully saturated rings. The van der Waals surface area contributed by atoms with Gasteiger partial charge in [0.15, 0.2) is 0 Å². The number of hydrogen-bond acceptors (Lipinski definition) is 7. The fourth-order valence-electron chi connectivity index (χ4n) is 1.74. The van der Waals surface area contributed by atoms with Crippen LogP contribution in [-0.4, -0.2) is 70.6 Å². The number of carboxylic acids is 1. The minimum Gasteiger partial charge on any atom is -0.480 e. The second-order valence-electron chi connectivity index (χ2n) is 5.67. The Morgan fingerprint density at radius 1 is 1.00 bits per heavy atom. The first-order valence-electron chi connectivity index (χ1n) is 7.77. The van der Waals surface area contributed by atoms with Crippen LogP contribution in [0.3, 0.4) is 0 Å². The van der Waals surface area contributed by atoms with E-state index in [-0.39, 0.29) is 12.8 Å². The second-order valence-corrected chi connectivity index (χ2v) is 5.67. The number of amides is 4. The Kier molecular flexibility index (Phi) is 9.84. The van der Waals surface area contributed by atoms with Crippen LogP contribution in [0.1, 0.15) is 26.7 Å². The zero-order valence-electron chi connectivity index (χ0n) is 14.5. The molecule has 4 amide bonds. The first-order chi connectivity index (χ1) is 12.0. The topological polar surface area (TPSA) is 214 Å². The third-order valence-corrected chi connectivity index (χ3v) is 3.30. The van der Waals surface area contributed by atoms with E-state index in [1.807, 2.05) is 0 Å². The molecule has 4 atom stereocenters. The van der Waals surface area contributed by atoms with Crippen molar-refractivity contribution < 1.29 is 34.2 Å². The summed E-state index contributed by atoms with van der Waals surface area (Å²) in [5.74, 6) is -4.33. The van der Waals surface area contributed by atoms with Gasteiger partial charge in [-0.2, -0.15) is 0 Å². The summed E-state index contributed by atoms with van der Waals surface area (Å²) < 4.78 is 0. The van der Waals surface area contributed by atoms with Crippen molar-refractivity contribution in [1.82, 2.24) is 16.0 Å². The Balaban J connectivity index is 4.92. The number of aliphatic hydroxyl groups excluding tert-OH is 1. The fraction of sp³-hybridized carbons (Fsp3) is 0.643. The minimum absolute atomic E-state index is 0.150. The van der Waals surface area contributed by atoms with Crippen LogP contribution in [0.25, 0.3) is 0 Å². The molecule has 0 aliphatic heterocycles. The third kappa shape index (κ3) is 8.94. The number of aliphatic carboxylic acids is 1. The molecule has 0 saturated carbocycles. The zero-order valence-corrected chi connectivity index (χ0v) is 14.5. The van der Waals surface area contributed by atoms with Gasteiger partial charge in [0, 0.05) is 6.42 Å². The molecule has 0 aliphatic rings. The van der Waals surface area contributed by atoms with E-state index in [0.717, 1.165) is 0 Å². The van der Waals surface area contributed by atoms with Crippen molar-refractivity contribution in [1.29, 1.82) is 0 Å². The van der Waals surface area contributed by atoms with Crippen LogP contribution in [0.4, 0.5) is 0 Å². The summed E-state index contributed by atoms with van der Waals surface area (Å²) in [5, 5.41) is 24.5. The van der Waals surface area contributed by atoms with Gasteiger partial charge >= 0.3 is 5.97 Å². The van der Waals surface area contributed by atoms with Crippen molar-refractivity contribution >= 4 is 29.6 Å². The number of rotatable bonds is 11. The van der Waals surface area contributed by atoms with E-state index in [1.54, 1.807) is 0 Å². The molecule has 0 radical (unpaired) electrons. The van der Waals surface area contributed by atoms with E-state index in [9.17, 15) is 29.1 Å². The second kappa shape index (κ2) is 11.0. The highest BCUT2D eigenvalue weighted by molar-refractivity contribution is 5.93. The summed E-state index contributed by atoms with van der Waals surface area (Å²) in [4.78, 5) is 57.2. The smallest absolute Gasteiger partial charge is 0.322 e. The van der Waals surface area contributed by atoms with Crippen molar-refractivity contribution in [3.05, 3.63) is 0 Å². The Morgan fingerprint density at radius 2 is 1.58 bits per heavy atom. The highest BCUT2D eigenvalue weighted by Gasteiger charge is 2.28. The Hall–Kier alpha value is -2.73. The summed E-state index contributed by atoms with van der Waals surface area (Å²) in [6.45, 7) is 1.98. The lowest BCUT2D eigenvalue weighted by Crippen LogP contribution is -2.56. The molecular formula is C14H25N5O7. The van der Waals surface area contributed by atoms with Crippen molar-refractivity contribution in [2.24, 2.45) is 11.5 Å². The molecule has 0 aromatic carbocycles. The van der Waals surface area contributed by atoms with E-state index < -0.39 is 60.4 Å². The van der Waals surface area contributed by atoms with Gasteiger partial charge in [0.05, 0.1) is 6.10 Å². The van der Waals surface area contributed by atoms with Crippen LogP contribution < -0.4 is 27.4 Å². The van der Waals surface area contributed by atoms with Gasteiger partial charge in [-0.25, -0.2) is 0 Å². The number of carbonyl (C=O) groups excluding carboxylic acids is 4. The van der Waals surface area contributed by atoms with E-state index in [1.165, 1.54) is 13.8 Å². The summed E-state index contributed by atoms with van der Waals surface area (Å²) in [6.07, 6.45) is -1.54. The lowest BCUT2D eigenvalue weighted by atomic mass is 10.1. The third-order valence-electron chi connectivity index (χ3n) is 3.30. The number of hydrogen-bond donors (Lipinski definition) is 7. The summed E-state index contributed by atoms with van der Waals surface area (Å²) in [5.41, 5.74) is 10.5. The largest absolute Gasteiger partial charge is 0.480 e. The molecule has 0 rings (SSSR count). The highest BCUT2D eigenvalue weighted by atomic mass is 16.4. The number of nitrogens with one attached hydrogen (secondary N) is 3. The van der Waals surface area contributed by atoms with Crippen LogP contribution in [0.5, 0.6) is 0 Å². The maximum Gasteiger partial charge on any atom is 0.322 e. The van der Waals surface area contributed by atoms with Crippen molar-refractivity contribution in [2.75, 3.05) is 6.54 Å². The summed E-state index contributed by atoms with van der Waals surface area (Å²) in [6, 6.07) is -3.62. The molecule has 0 aliphatic carbocycles. The van der Waals surface area contributed by atoms with Gasteiger partial charge in [0.25, 0.3) is 0 Å². The number of aliphatic hydroxyl groups is 1. The molecule has 0 heterocycles. The van der Waals surface area contributed by atoms with Crippen molar-refractivity contribution in [3.8, 4) is 0 Å². The lowest BCUT2D eigenvalue weighted by molar-refractivity contribution is -0.138. The number of carbonyl (C=O) groups is 5. The maximum atomic E-state index is 12.3. The molecule has 0 spiro atoms. The van der Waals surface area contributed by atoms with Gasteiger partial charge in [-0.05, 0) is 20.3 Å². The van der Waals surface area contributed by atoms with Gasteiger partial charge in [0.2, 0.25) is 23.6 Å². The van der Waals surface area contributed by atoms with Crippen molar-refractivity contribution in [2.45, 2.75) is 50.9 Å². The average Bonchev–Trinajstić information content (AvgIpc) is 2.54. The predicted octanol–water partition coefficient (Wildman–Crippen LogP) is -3.85. The van der Waals surface area contributed by atoms with E-state index >= 15 is 0 Å². The van der Waals surface area contributed by atoms with Crippen LogP contribution in [0.15, 0.2) is 0 Å². The van der Waals surface area contributed by atoms with E-state index in [4.69, 9.17) is 16.6 Å². The molecule has 12 nitrogen and oxygen atoms in total. The monoisotopic (exact) mass is 375 g/mol. The average molecular weight is 375 g/mol.